The number of carbonyl (C=O) groups is 2. The number of aromatic nitrogens is 2. The van der Waals surface area contributed by atoms with Gasteiger partial charge in [-0.05, 0) is 12.1 Å². The van der Waals surface area contributed by atoms with Gasteiger partial charge in [-0.1, -0.05) is 6.07 Å². The largest absolute Gasteiger partial charge is 0.479 e. The Hall–Kier alpha value is -3.01. The van der Waals surface area contributed by atoms with Crippen LogP contribution in [0.5, 0.6) is 5.88 Å². The number of ether oxygens (including phenoxy) is 1. The predicted molar refractivity (Wildman–Crippen MR) is 101 cm³/mol. The van der Waals surface area contributed by atoms with Gasteiger partial charge in [-0.2, -0.15) is 0 Å². The van der Waals surface area contributed by atoms with Gasteiger partial charge in [0.15, 0.2) is 0 Å². The van der Waals surface area contributed by atoms with Crippen molar-refractivity contribution in [2.75, 3.05) is 46.4 Å². The summed E-state index contributed by atoms with van der Waals surface area (Å²) < 4.78 is 33.9. The molecule has 1 aromatic heterocycles. The van der Waals surface area contributed by atoms with Crippen molar-refractivity contribution in [3.8, 4) is 5.88 Å². The van der Waals surface area contributed by atoms with Gasteiger partial charge >= 0.3 is 0 Å². The molecule has 1 aliphatic rings. The normalized spacial score (nSPS) is 14.7. The average molecular weight is 407 g/mol. The van der Waals surface area contributed by atoms with E-state index in [1.807, 2.05) is 0 Å². The quantitative estimate of drug-likeness (QED) is 0.770. The third-order valence-corrected chi connectivity index (χ3v) is 4.78. The number of methoxy groups -OCH3 is 1. The molecule has 156 valence electrons. The third-order valence-electron chi connectivity index (χ3n) is 4.78. The highest BCUT2D eigenvalue weighted by atomic mass is 19.1. The number of aryl methyl sites for hydroxylation is 1. The van der Waals surface area contributed by atoms with Crippen LogP contribution in [0.25, 0.3) is 0 Å². The Bertz CT molecular complexity index is 874. The van der Waals surface area contributed by atoms with Gasteiger partial charge in [0.05, 0.1) is 7.11 Å². The molecule has 0 saturated carbocycles. The summed E-state index contributed by atoms with van der Waals surface area (Å²) in [6.07, 6.45) is 1.63. The minimum atomic E-state index is -0.888. The summed E-state index contributed by atoms with van der Waals surface area (Å²) in [5, 5.41) is 6.63. The van der Waals surface area contributed by atoms with Crippen LogP contribution in [0.4, 0.5) is 8.78 Å². The molecule has 1 fully saturated rings. The van der Waals surface area contributed by atoms with E-state index in [9.17, 15) is 18.4 Å². The molecular formula is C19H23F2N5O3. The highest BCUT2D eigenvalue weighted by Crippen LogP contribution is 2.18. The molecule has 0 aliphatic carbocycles. The molecule has 0 bridgehead atoms. The maximum atomic E-state index is 13.6. The number of piperazine rings is 1. The number of hydrogen-bond acceptors (Lipinski definition) is 5. The number of halogens is 2. The van der Waals surface area contributed by atoms with Gasteiger partial charge < -0.3 is 15.0 Å². The lowest BCUT2D eigenvalue weighted by Gasteiger charge is -2.34. The van der Waals surface area contributed by atoms with Crippen molar-refractivity contribution in [1.29, 1.82) is 0 Å². The van der Waals surface area contributed by atoms with Crippen LogP contribution in [0.1, 0.15) is 20.7 Å². The number of nitrogens with one attached hydrogen (secondary N) is 1. The Kier molecular flexibility index (Phi) is 6.42. The molecular weight excluding hydrogens is 384 g/mol. The van der Waals surface area contributed by atoms with Crippen LogP contribution >= 0.6 is 0 Å². The van der Waals surface area contributed by atoms with E-state index in [1.54, 1.807) is 18.1 Å². The lowest BCUT2D eigenvalue weighted by atomic mass is 10.2. The van der Waals surface area contributed by atoms with Crippen LogP contribution in [-0.4, -0.2) is 77.8 Å². The van der Waals surface area contributed by atoms with Crippen LogP contribution in [0.2, 0.25) is 0 Å². The molecule has 0 unspecified atom stereocenters. The first-order valence-electron chi connectivity index (χ1n) is 9.22. The van der Waals surface area contributed by atoms with Crippen molar-refractivity contribution in [2.45, 2.75) is 0 Å². The molecule has 1 aromatic carbocycles. The molecule has 1 aliphatic heterocycles. The van der Waals surface area contributed by atoms with E-state index < -0.39 is 23.1 Å². The molecule has 2 aromatic rings. The first-order valence-corrected chi connectivity index (χ1v) is 9.22. The van der Waals surface area contributed by atoms with Crippen molar-refractivity contribution < 1.29 is 23.1 Å². The Morgan fingerprint density at radius 1 is 1.17 bits per heavy atom. The van der Waals surface area contributed by atoms with Crippen molar-refractivity contribution >= 4 is 11.8 Å². The molecule has 2 heterocycles. The Morgan fingerprint density at radius 2 is 1.83 bits per heavy atom. The van der Waals surface area contributed by atoms with E-state index in [2.05, 4.69) is 15.3 Å². The molecule has 10 heteroatoms. The summed E-state index contributed by atoms with van der Waals surface area (Å²) in [5.41, 5.74) is -0.157. The highest BCUT2D eigenvalue weighted by Gasteiger charge is 2.26. The Balaban J connectivity index is 1.46. The number of hydrogen-bond donors (Lipinski definition) is 1. The number of rotatable bonds is 6. The van der Waals surface area contributed by atoms with Crippen molar-refractivity contribution in [3.63, 3.8) is 0 Å². The lowest BCUT2D eigenvalue weighted by molar-refractivity contribution is 0.0634. The van der Waals surface area contributed by atoms with Gasteiger partial charge in [0, 0.05) is 52.5 Å². The van der Waals surface area contributed by atoms with Crippen molar-refractivity contribution in [3.05, 3.63) is 47.2 Å². The smallest absolute Gasteiger partial charge is 0.261 e. The monoisotopic (exact) mass is 407 g/mol. The molecule has 0 spiro atoms. The summed E-state index contributed by atoms with van der Waals surface area (Å²) >= 11 is 0. The van der Waals surface area contributed by atoms with Gasteiger partial charge in [-0.3, -0.25) is 19.2 Å². The molecule has 3 rings (SSSR count). The average Bonchev–Trinajstić information content (AvgIpc) is 3.08. The van der Waals surface area contributed by atoms with E-state index in [0.717, 1.165) is 12.1 Å². The molecule has 1 saturated heterocycles. The summed E-state index contributed by atoms with van der Waals surface area (Å²) in [4.78, 5) is 28.5. The van der Waals surface area contributed by atoms with Gasteiger partial charge in [-0.25, -0.2) is 8.78 Å². The second kappa shape index (κ2) is 8.99. The number of nitrogens with zero attached hydrogens (tertiary/aromatic N) is 4. The molecule has 0 atom stereocenters. The minimum Gasteiger partial charge on any atom is -0.479 e. The summed E-state index contributed by atoms with van der Waals surface area (Å²) in [5.74, 6) is -2.40. The fourth-order valence-corrected chi connectivity index (χ4v) is 3.24. The van der Waals surface area contributed by atoms with Crippen LogP contribution in [0, 0.1) is 11.6 Å². The Labute approximate surface area is 167 Å². The highest BCUT2D eigenvalue weighted by molar-refractivity contribution is 5.96. The number of benzene rings is 1. The molecule has 8 nitrogen and oxygen atoms in total. The topological polar surface area (TPSA) is 79.7 Å². The van der Waals surface area contributed by atoms with Crippen LogP contribution < -0.4 is 10.1 Å². The van der Waals surface area contributed by atoms with E-state index in [1.165, 1.54) is 17.9 Å². The summed E-state index contributed by atoms with van der Waals surface area (Å²) in [7, 11) is 3.19. The van der Waals surface area contributed by atoms with E-state index in [0.29, 0.717) is 44.2 Å². The van der Waals surface area contributed by atoms with E-state index >= 15 is 0 Å². The zero-order valence-electron chi connectivity index (χ0n) is 16.3. The van der Waals surface area contributed by atoms with Crippen molar-refractivity contribution in [2.24, 2.45) is 7.05 Å². The minimum absolute atomic E-state index is 0.141. The summed E-state index contributed by atoms with van der Waals surface area (Å²) in [6.45, 7) is 3.05. The van der Waals surface area contributed by atoms with E-state index in [4.69, 9.17) is 4.74 Å². The first kappa shape index (κ1) is 20.7. The number of carbonyl (C=O) groups excluding carboxylic acids is 2. The molecule has 2 amide bonds. The maximum absolute atomic E-state index is 13.6. The zero-order chi connectivity index (χ0) is 21.0. The predicted octanol–water partition coefficient (Wildman–Crippen LogP) is 0.895. The van der Waals surface area contributed by atoms with E-state index in [-0.39, 0.29) is 12.5 Å². The standard InChI is InChI=1S/C19H23F2N5O3/c1-24-12-13(18(23-24)29-2)19(28)26-10-8-25(9-11-26)7-6-22-17(27)16-14(20)4-3-5-15(16)21/h3-5,12H,6-11H2,1-2H3,(H,22,27). The lowest BCUT2D eigenvalue weighted by Crippen LogP contribution is -2.50. The summed E-state index contributed by atoms with van der Waals surface area (Å²) in [6, 6.07) is 3.31. The third kappa shape index (κ3) is 4.70. The SMILES string of the molecule is COc1nn(C)cc1C(=O)N1CCN(CCNC(=O)c2c(F)cccc2F)CC1. The number of amides is 2. The maximum Gasteiger partial charge on any atom is 0.261 e. The van der Waals surface area contributed by atoms with Gasteiger partial charge in [-0.15, -0.1) is 5.10 Å². The van der Waals surface area contributed by atoms with Crippen LogP contribution in [-0.2, 0) is 7.05 Å². The second-order valence-electron chi connectivity index (χ2n) is 6.71. The fourth-order valence-electron chi connectivity index (χ4n) is 3.24. The van der Waals surface area contributed by atoms with Crippen LogP contribution in [0.15, 0.2) is 24.4 Å². The van der Waals surface area contributed by atoms with Gasteiger partial charge in [0.1, 0.15) is 22.8 Å². The Morgan fingerprint density at radius 3 is 2.45 bits per heavy atom. The second-order valence-corrected chi connectivity index (χ2v) is 6.71. The zero-order valence-corrected chi connectivity index (χ0v) is 16.3. The van der Waals surface area contributed by atoms with Gasteiger partial charge in [0.25, 0.3) is 11.8 Å². The molecule has 1 N–H and O–H groups in total. The fraction of sp³-hybridized carbons (Fsp3) is 0.421. The van der Waals surface area contributed by atoms with Crippen molar-refractivity contribution in [1.82, 2.24) is 24.9 Å². The molecule has 29 heavy (non-hydrogen) atoms. The first-order chi connectivity index (χ1) is 13.9. The molecule has 0 radical (unpaired) electrons. The van der Waals surface area contributed by atoms with Gasteiger partial charge in [0.2, 0.25) is 5.88 Å². The van der Waals surface area contributed by atoms with Crippen LogP contribution in [0.3, 0.4) is 0 Å².